The number of alkyl halides is 3. The smallest absolute Gasteiger partial charge is 0.421 e. The first-order valence-corrected chi connectivity index (χ1v) is 7.18. The lowest BCUT2D eigenvalue weighted by Crippen LogP contribution is -2.12. The van der Waals surface area contributed by atoms with E-state index in [2.05, 4.69) is 20.6 Å². The Balaban J connectivity index is 1.93. The Morgan fingerprint density at radius 1 is 1.17 bits per heavy atom. The van der Waals surface area contributed by atoms with Crippen LogP contribution in [-0.4, -0.2) is 17.0 Å². The highest BCUT2D eigenvalue weighted by molar-refractivity contribution is 5.85. The molecule has 0 amide bonds. The summed E-state index contributed by atoms with van der Waals surface area (Å²) in [5, 5.41) is 6.32. The molecule has 2 heterocycles. The van der Waals surface area contributed by atoms with Crippen LogP contribution in [0.5, 0.6) is 0 Å². The van der Waals surface area contributed by atoms with E-state index in [0.717, 1.165) is 22.9 Å². The lowest BCUT2D eigenvalue weighted by atomic mass is 10.1. The summed E-state index contributed by atoms with van der Waals surface area (Å²) in [6.45, 7) is 3.84. The first kappa shape index (κ1) is 16.1. The van der Waals surface area contributed by atoms with Crippen LogP contribution in [-0.2, 0) is 6.18 Å². The van der Waals surface area contributed by atoms with E-state index in [1.54, 1.807) is 12.1 Å². The van der Waals surface area contributed by atoms with Gasteiger partial charge in [0.2, 0.25) is 5.95 Å². The fourth-order valence-corrected chi connectivity index (χ4v) is 2.39. The second kappa shape index (κ2) is 5.70. The van der Waals surface area contributed by atoms with Gasteiger partial charge in [-0.2, -0.15) is 18.2 Å². The average Bonchev–Trinajstić information content (AvgIpc) is 2.80. The van der Waals surface area contributed by atoms with E-state index in [4.69, 9.17) is 4.42 Å². The van der Waals surface area contributed by atoms with Gasteiger partial charge in [0, 0.05) is 30.4 Å². The molecule has 0 aliphatic carbocycles. The van der Waals surface area contributed by atoms with Crippen molar-refractivity contribution < 1.29 is 17.6 Å². The van der Waals surface area contributed by atoms with E-state index in [1.807, 2.05) is 19.9 Å². The molecule has 5 nitrogen and oxygen atoms in total. The van der Waals surface area contributed by atoms with E-state index in [-0.39, 0.29) is 11.8 Å². The third-order valence-electron chi connectivity index (χ3n) is 3.76. The van der Waals surface area contributed by atoms with Gasteiger partial charge < -0.3 is 15.1 Å². The summed E-state index contributed by atoms with van der Waals surface area (Å²) in [7, 11) is 1.38. The van der Waals surface area contributed by atoms with Gasteiger partial charge in [-0.25, -0.2) is 4.98 Å². The van der Waals surface area contributed by atoms with Crippen molar-refractivity contribution >= 4 is 28.4 Å². The normalized spacial score (nSPS) is 11.8. The molecule has 2 N–H and O–H groups in total. The number of halogens is 3. The minimum atomic E-state index is -4.51. The van der Waals surface area contributed by atoms with Crippen molar-refractivity contribution in [1.29, 1.82) is 0 Å². The van der Waals surface area contributed by atoms with Crippen molar-refractivity contribution in [2.24, 2.45) is 0 Å². The molecule has 3 aromatic rings. The van der Waals surface area contributed by atoms with E-state index in [1.165, 1.54) is 7.05 Å². The number of fused-ring (bicyclic) bond motifs is 1. The summed E-state index contributed by atoms with van der Waals surface area (Å²) in [5.41, 5.74) is 1.46. The first-order valence-electron chi connectivity index (χ1n) is 7.18. The molecule has 8 heteroatoms. The molecule has 0 bridgehead atoms. The van der Waals surface area contributed by atoms with Crippen LogP contribution >= 0.6 is 0 Å². The van der Waals surface area contributed by atoms with Crippen molar-refractivity contribution in [2.45, 2.75) is 20.0 Å². The monoisotopic (exact) mass is 336 g/mol. The van der Waals surface area contributed by atoms with Crippen LogP contribution < -0.4 is 10.6 Å². The number of hydrogen-bond acceptors (Lipinski definition) is 5. The third kappa shape index (κ3) is 2.86. The van der Waals surface area contributed by atoms with Gasteiger partial charge in [-0.15, -0.1) is 0 Å². The molecule has 0 aliphatic rings. The van der Waals surface area contributed by atoms with Gasteiger partial charge in [0.05, 0.1) is 0 Å². The predicted octanol–water partition coefficient (Wildman–Crippen LogP) is 4.64. The van der Waals surface area contributed by atoms with Gasteiger partial charge in [0.25, 0.3) is 0 Å². The summed E-state index contributed by atoms with van der Waals surface area (Å²) in [5.74, 6) is 0.600. The van der Waals surface area contributed by atoms with Gasteiger partial charge >= 0.3 is 6.18 Å². The highest BCUT2D eigenvalue weighted by Gasteiger charge is 2.35. The van der Waals surface area contributed by atoms with Crippen molar-refractivity contribution in [3.05, 3.63) is 41.3 Å². The van der Waals surface area contributed by atoms with Crippen LogP contribution in [0, 0.1) is 13.8 Å². The third-order valence-corrected chi connectivity index (χ3v) is 3.76. The van der Waals surface area contributed by atoms with Gasteiger partial charge in [0.15, 0.2) is 0 Å². The number of hydrogen-bond donors (Lipinski definition) is 2. The molecule has 24 heavy (non-hydrogen) atoms. The number of aromatic nitrogens is 2. The van der Waals surface area contributed by atoms with Crippen molar-refractivity contribution in [1.82, 2.24) is 9.97 Å². The van der Waals surface area contributed by atoms with Gasteiger partial charge in [0.1, 0.15) is 22.7 Å². The molecule has 0 fully saturated rings. The zero-order valence-electron chi connectivity index (χ0n) is 13.2. The molecule has 1 aromatic carbocycles. The van der Waals surface area contributed by atoms with Gasteiger partial charge in [-0.3, -0.25) is 0 Å². The van der Waals surface area contributed by atoms with Crippen molar-refractivity contribution in [3.8, 4) is 0 Å². The molecule has 0 unspecified atom stereocenters. The molecule has 0 atom stereocenters. The molecule has 0 aliphatic heterocycles. The second-order valence-corrected chi connectivity index (χ2v) is 5.32. The molecule has 3 rings (SSSR count). The predicted molar refractivity (Wildman–Crippen MR) is 85.6 cm³/mol. The Labute approximate surface area is 135 Å². The van der Waals surface area contributed by atoms with E-state index in [9.17, 15) is 13.2 Å². The van der Waals surface area contributed by atoms with Gasteiger partial charge in [-0.1, -0.05) is 0 Å². The average molecular weight is 336 g/mol. The van der Waals surface area contributed by atoms with Crippen molar-refractivity contribution in [3.63, 3.8) is 0 Å². The number of furan rings is 1. The summed E-state index contributed by atoms with van der Waals surface area (Å²) >= 11 is 0. The maximum absolute atomic E-state index is 12.9. The standard InChI is InChI=1S/C16H15F3N4O/c1-8-9(2)24-13-6-10(4-5-11(8)13)22-15-21-7-12(16(17,18)19)14(20-3)23-15/h4-7H,1-3H3,(H2,20,21,22,23). The maximum atomic E-state index is 12.9. The number of anilines is 3. The minimum Gasteiger partial charge on any atom is -0.461 e. The Morgan fingerprint density at radius 2 is 1.92 bits per heavy atom. The summed E-state index contributed by atoms with van der Waals surface area (Å²) in [6, 6.07) is 5.44. The van der Waals surface area contributed by atoms with Crippen molar-refractivity contribution in [2.75, 3.05) is 17.7 Å². The van der Waals surface area contributed by atoms with Crippen LogP contribution in [0.1, 0.15) is 16.9 Å². The molecule has 0 spiro atoms. The molecular formula is C16H15F3N4O. The summed E-state index contributed by atoms with van der Waals surface area (Å²) in [4.78, 5) is 7.61. The molecule has 0 radical (unpaired) electrons. The first-order chi connectivity index (χ1) is 11.3. The lowest BCUT2D eigenvalue weighted by Gasteiger charge is -2.12. The fraction of sp³-hybridized carbons (Fsp3) is 0.250. The number of rotatable bonds is 3. The summed E-state index contributed by atoms with van der Waals surface area (Å²) < 4.78 is 44.2. The lowest BCUT2D eigenvalue weighted by molar-refractivity contribution is -0.137. The Bertz CT molecular complexity index is 902. The minimum absolute atomic E-state index is 0.0618. The molecule has 0 saturated carbocycles. The Hall–Kier alpha value is -2.77. The number of nitrogens with one attached hydrogen (secondary N) is 2. The summed E-state index contributed by atoms with van der Waals surface area (Å²) in [6.07, 6.45) is -3.76. The number of benzene rings is 1. The second-order valence-electron chi connectivity index (χ2n) is 5.32. The Morgan fingerprint density at radius 3 is 2.58 bits per heavy atom. The highest BCUT2D eigenvalue weighted by Crippen LogP contribution is 2.34. The largest absolute Gasteiger partial charge is 0.461 e. The Kier molecular flexibility index (Phi) is 3.82. The van der Waals surface area contributed by atoms with E-state index < -0.39 is 11.7 Å². The van der Waals surface area contributed by atoms with Gasteiger partial charge in [-0.05, 0) is 31.5 Å². The number of aryl methyl sites for hydroxylation is 2. The van der Waals surface area contributed by atoms with Crippen LogP contribution in [0.2, 0.25) is 0 Å². The molecular weight excluding hydrogens is 321 g/mol. The van der Waals surface area contributed by atoms with Crippen LogP contribution in [0.15, 0.2) is 28.8 Å². The quantitative estimate of drug-likeness (QED) is 0.729. The van der Waals surface area contributed by atoms with E-state index in [0.29, 0.717) is 11.3 Å². The zero-order valence-corrected chi connectivity index (χ0v) is 13.2. The maximum Gasteiger partial charge on any atom is 0.421 e. The highest BCUT2D eigenvalue weighted by atomic mass is 19.4. The topological polar surface area (TPSA) is 63.0 Å². The fourth-order valence-electron chi connectivity index (χ4n) is 2.39. The number of nitrogens with zero attached hydrogens (tertiary/aromatic N) is 2. The zero-order chi connectivity index (χ0) is 17.5. The SMILES string of the molecule is CNc1nc(Nc2ccc3c(C)c(C)oc3c2)ncc1C(F)(F)F. The molecule has 126 valence electrons. The van der Waals surface area contributed by atoms with Crippen LogP contribution in [0.4, 0.5) is 30.6 Å². The van der Waals surface area contributed by atoms with Crippen LogP contribution in [0.3, 0.4) is 0 Å². The molecule has 2 aromatic heterocycles. The van der Waals surface area contributed by atoms with E-state index >= 15 is 0 Å². The van der Waals surface area contributed by atoms with Crippen LogP contribution in [0.25, 0.3) is 11.0 Å². The molecule has 0 saturated heterocycles.